The molecule has 0 bridgehead atoms. The summed E-state index contributed by atoms with van der Waals surface area (Å²) in [6, 6.07) is 10.4. The van der Waals surface area contributed by atoms with Gasteiger partial charge in [0.15, 0.2) is 5.76 Å². The number of rotatable bonds is 8. The fraction of sp³-hybridized carbons (Fsp3) is 0.458. The number of nitrogens with zero attached hydrogens (tertiary/aromatic N) is 3. The summed E-state index contributed by atoms with van der Waals surface area (Å²) in [4.78, 5) is 16.2. The average molecular weight is 410 g/mol. The minimum Gasteiger partial charge on any atom is -0.455 e. The fourth-order valence-electron chi connectivity index (χ4n) is 3.32. The third-order valence-corrected chi connectivity index (χ3v) is 5.01. The van der Waals surface area contributed by atoms with Crippen molar-refractivity contribution in [3.05, 3.63) is 52.8 Å². The summed E-state index contributed by atoms with van der Waals surface area (Å²) in [6.07, 6.45) is 3.01. The number of aryl methyl sites for hydroxylation is 2. The molecule has 1 atom stereocenters. The Bertz CT molecular complexity index is 957. The molecule has 0 spiro atoms. The largest absolute Gasteiger partial charge is 0.455 e. The Morgan fingerprint density at radius 2 is 1.83 bits per heavy atom. The molecular weight excluding hydrogens is 378 g/mol. The normalized spacial score (nSPS) is 16.3. The molecule has 1 aliphatic heterocycles. The van der Waals surface area contributed by atoms with E-state index in [9.17, 15) is 4.79 Å². The van der Waals surface area contributed by atoms with Gasteiger partial charge in [-0.3, -0.25) is 14.5 Å². The standard InChI is InChI=1S/C24H31N3O3/c1-7-8-21(28)29-15-30-23(20-13-16(2)26-27(20)6)22(19-14-25-19)17-9-11-18(12-10-17)24(3,4)5/h9-14,19H,7-8,15H2,1-6H3/b23-22+. The number of aliphatic imine (C=N–C) groups is 1. The molecule has 0 aliphatic carbocycles. The van der Waals surface area contributed by atoms with E-state index in [-0.39, 0.29) is 24.2 Å². The highest BCUT2D eigenvalue weighted by molar-refractivity contribution is 6.03. The number of esters is 1. The van der Waals surface area contributed by atoms with Crippen LogP contribution in [0.1, 0.15) is 63.1 Å². The Balaban J connectivity index is 2.00. The maximum Gasteiger partial charge on any atom is 0.308 e. The van der Waals surface area contributed by atoms with Crippen LogP contribution in [0.15, 0.2) is 35.3 Å². The van der Waals surface area contributed by atoms with Crippen molar-refractivity contribution < 1.29 is 14.3 Å². The van der Waals surface area contributed by atoms with Crippen LogP contribution in [0, 0.1) is 6.92 Å². The monoisotopic (exact) mass is 409 g/mol. The number of ether oxygens (including phenoxy) is 2. The van der Waals surface area contributed by atoms with E-state index in [0.717, 1.165) is 28.9 Å². The lowest BCUT2D eigenvalue weighted by Crippen LogP contribution is -2.13. The zero-order valence-corrected chi connectivity index (χ0v) is 18.7. The van der Waals surface area contributed by atoms with Crippen LogP contribution in [-0.2, 0) is 26.7 Å². The van der Waals surface area contributed by atoms with E-state index in [1.54, 1.807) is 4.68 Å². The minimum atomic E-state index is -0.267. The third-order valence-electron chi connectivity index (χ3n) is 5.01. The van der Waals surface area contributed by atoms with Crippen molar-refractivity contribution in [1.82, 2.24) is 9.78 Å². The molecule has 2 aromatic rings. The first-order valence-corrected chi connectivity index (χ1v) is 10.4. The first kappa shape index (κ1) is 21.8. The molecule has 0 N–H and O–H groups in total. The van der Waals surface area contributed by atoms with Crippen molar-refractivity contribution >= 4 is 23.5 Å². The van der Waals surface area contributed by atoms with Crippen LogP contribution < -0.4 is 0 Å². The van der Waals surface area contributed by atoms with Gasteiger partial charge in [-0.25, -0.2) is 0 Å². The first-order valence-electron chi connectivity index (χ1n) is 10.4. The van der Waals surface area contributed by atoms with E-state index in [1.165, 1.54) is 5.56 Å². The summed E-state index contributed by atoms with van der Waals surface area (Å²) in [5, 5.41) is 4.46. The van der Waals surface area contributed by atoms with Gasteiger partial charge in [-0.05, 0) is 36.0 Å². The highest BCUT2D eigenvalue weighted by atomic mass is 16.7. The van der Waals surface area contributed by atoms with E-state index in [2.05, 4.69) is 55.1 Å². The third kappa shape index (κ3) is 5.17. The Hall–Kier alpha value is -2.89. The van der Waals surface area contributed by atoms with E-state index in [0.29, 0.717) is 12.2 Å². The van der Waals surface area contributed by atoms with Gasteiger partial charge in [0.05, 0.1) is 5.69 Å². The minimum absolute atomic E-state index is 0.0537. The molecule has 0 radical (unpaired) electrons. The number of hydrogen-bond donors (Lipinski definition) is 0. The lowest BCUT2D eigenvalue weighted by Gasteiger charge is -2.20. The smallest absolute Gasteiger partial charge is 0.308 e. The number of hydrogen-bond acceptors (Lipinski definition) is 5. The van der Waals surface area contributed by atoms with E-state index in [1.807, 2.05) is 33.2 Å². The van der Waals surface area contributed by atoms with Gasteiger partial charge in [0.1, 0.15) is 11.7 Å². The van der Waals surface area contributed by atoms with Gasteiger partial charge in [-0.15, -0.1) is 0 Å². The van der Waals surface area contributed by atoms with E-state index in [4.69, 9.17) is 9.47 Å². The lowest BCUT2D eigenvalue weighted by atomic mass is 9.86. The highest BCUT2D eigenvalue weighted by Crippen LogP contribution is 2.35. The predicted octanol–water partition coefficient (Wildman–Crippen LogP) is 4.66. The molecule has 3 rings (SSSR count). The van der Waals surface area contributed by atoms with Crippen molar-refractivity contribution in [3.8, 4) is 0 Å². The molecule has 0 amide bonds. The Labute approximate surface area is 178 Å². The summed E-state index contributed by atoms with van der Waals surface area (Å²) in [7, 11) is 1.88. The topological polar surface area (TPSA) is 65.7 Å². The molecule has 1 aromatic heterocycles. The quantitative estimate of drug-likeness (QED) is 0.361. The predicted molar refractivity (Wildman–Crippen MR) is 119 cm³/mol. The number of carbonyl (C=O) groups excluding carboxylic acids is 1. The second kappa shape index (κ2) is 8.86. The molecular formula is C24H31N3O3. The van der Waals surface area contributed by atoms with Gasteiger partial charge in [0.2, 0.25) is 6.79 Å². The highest BCUT2D eigenvalue weighted by Gasteiger charge is 2.28. The van der Waals surface area contributed by atoms with Crippen LogP contribution in [-0.4, -0.2) is 34.8 Å². The van der Waals surface area contributed by atoms with Crippen molar-refractivity contribution in [1.29, 1.82) is 0 Å². The molecule has 0 fully saturated rings. The summed E-state index contributed by atoms with van der Waals surface area (Å²) >= 11 is 0. The van der Waals surface area contributed by atoms with E-state index < -0.39 is 0 Å². The van der Waals surface area contributed by atoms with E-state index >= 15 is 0 Å². The maximum atomic E-state index is 11.8. The summed E-state index contributed by atoms with van der Waals surface area (Å²) in [5.74, 6) is 0.366. The molecule has 6 nitrogen and oxygen atoms in total. The molecule has 30 heavy (non-hydrogen) atoms. The molecule has 1 aromatic carbocycles. The summed E-state index contributed by atoms with van der Waals surface area (Å²) in [6.45, 7) is 10.3. The summed E-state index contributed by atoms with van der Waals surface area (Å²) < 4.78 is 13.1. The SMILES string of the molecule is CCCC(=O)OCO/C(=C(\c1ccc(C(C)(C)C)cc1)C1C=N1)c1cc(C)nn1C. The van der Waals surface area contributed by atoms with Crippen LogP contribution in [0.5, 0.6) is 0 Å². The van der Waals surface area contributed by atoms with Crippen LogP contribution in [0.3, 0.4) is 0 Å². The van der Waals surface area contributed by atoms with Gasteiger partial charge >= 0.3 is 5.97 Å². The van der Waals surface area contributed by atoms with Crippen molar-refractivity contribution in [2.75, 3.05) is 6.79 Å². The van der Waals surface area contributed by atoms with Crippen molar-refractivity contribution in [2.45, 2.75) is 58.9 Å². The summed E-state index contributed by atoms with van der Waals surface area (Å²) in [5.41, 5.74) is 5.02. The molecule has 6 heteroatoms. The van der Waals surface area contributed by atoms with Gasteiger partial charge in [-0.1, -0.05) is 52.0 Å². The first-order chi connectivity index (χ1) is 14.2. The van der Waals surface area contributed by atoms with Crippen molar-refractivity contribution in [2.24, 2.45) is 12.0 Å². The molecule has 1 aliphatic rings. The molecule has 0 saturated heterocycles. The van der Waals surface area contributed by atoms with Gasteiger partial charge in [-0.2, -0.15) is 5.10 Å². The Morgan fingerprint density at radius 1 is 1.17 bits per heavy atom. The molecule has 2 heterocycles. The van der Waals surface area contributed by atoms with Crippen molar-refractivity contribution in [3.63, 3.8) is 0 Å². The van der Waals surface area contributed by atoms with Crippen LogP contribution in [0.25, 0.3) is 11.3 Å². The molecule has 0 saturated carbocycles. The van der Waals surface area contributed by atoms with Gasteiger partial charge < -0.3 is 9.47 Å². The zero-order chi connectivity index (χ0) is 21.9. The van der Waals surface area contributed by atoms with Gasteiger partial charge in [0, 0.05) is 25.3 Å². The Morgan fingerprint density at radius 3 is 2.33 bits per heavy atom. The van der Waals surface area contributed by atoms with Gasteiger partial charge in [0.25, 0.3) is 0 Å². The second-order valence-electron chi connectivity index (χ2n) is 8.64. The zero-order valence-electron chi connectivity index (χ0n) is 18.7. The second-order valence-corrected chi connectivity index (χ2v) is 8.64. The number of carbonyl (C=O) groups is 1. The molecule has 1 unspecified atom stereocenters. The van der Waals surface area contributed by atoms with Crippen LogP contribution in [0.4, 0.5) is 0 Å². The molecule has 160 valence electrons. The number of benzene rings is 1. The Kier molecular flexibility index (Phi) is 6.44. The average Bonchev–Trinajstić information content (AvgIpc) is 3.44. The van der Waals surface area contributed by atoms with Crippen LogP contribution in [0.2, 0.25) is 0 Å². The fourth-order valence-corrected chi connectivity index (χ4v) is 3.32. The van der Waals surface area contributed by atoms with Crippen LogP contribution >= 0.6 is 0 Å². The number of aromatic nitrogens is 2. The maximum absolute atomic E-state index is 11.8. The lowest BCUT2D eigenvalue weighted by molar-refractivity contribution is -0.151.